The monoisotopic (exact) mass is 273 g/mol. The van der Waals surface area contributed by atoms with Crippen LogP contribution in [0.3, 0.4) is 0 Å². The second kappa shape index (κ2) is 6.42. The number of aromatic nitrogens is 1. The molecule has 2 nitrogen and oxygen atoms in total. The number of alkyl halides is 4. The van der Waals surface area contributed by atoms with Gasteiger partial charge in [-0.05, 0) is 12.8 Å². The summed E-state index contributed by atoms with van der Waals surface area (Å²) < 4.78 is 39.8. The van der Waals surface area contributed by atoms with Crippen LogP contribution in [0.15, 0.2) is 5.38 Å². The van der Waals surface area contributed by atoms with Gasteiger partial charge in [0, 0.05) is 11.3 Å². The third-order valence-corrected chi connectivity index (χ3v) is 2.80. The van der Waals surface area contributed by atoms with Gasteiger partial charge in [0.25, 0.3) is 0 Å². The molecule has 0 aromatic carbocycles. The summed E-state index contributed by atoms with van der Waals surface area (Å²) in [5, 5.41) is 2.38. The largest absolute Gasteiger partial charge is 0.411 e. The van der Waals surface area contributed by atoms with Crippen LogP contribution < -0.4 is 0 Å². The topological polar surface area (TPSA) is 22.1 Å². The minimum Gasteiger partial charge on any atom is -0.365 e. The smallest absolute Gasteiger partial charge is 0.365 e. The minimum absolute atomic E-state index is 0.0922. The van der Waals surface area contributed by atoms with Crippen molar-refractivity contribution in [3.05, 3.63) is 16.1 Å². The number of hydrogen-bond donors (Lipinski definition) is 0. The molecule has 92 valence electrons. The molecule has 0 unspecified atom stereocenters. The molecule has 0 aliphatic heterocycles. The van der Waals surface area contributed by atoms with E-state index in [4.69, 9.17) is 11.6 Å². The zero-order chi connectivity index (χ0) is 12.0. The van der Waals surface area contributed by atoms with Crippen LogP contribution in [-0.2, 0) is 17.8 Å². The van der Waals surface area contributed by atoms with Crippen molar-refractivity contribution in [3.8, 4) is 0 Å². The van der Waals surface area contributed by atoms with Gasteiger partial charge in [-0.1, -0.05) is 0 Å². The third-order valence-electron chi connectivity index (χ3n) is 1.66. The Morgan fingerprint density at radius 3 is 2.81 bits per heavy atom. The molecule has 0 saturated heterocycles. The normalized spacial score (nSPS) is 12.0. The first kappa shape index (κ1) is 13.7. The van der Waals surface area contributed by atoms with E-state index in [9.17, 15) is 13.2 Å². The van der Waals surface area contributed by atoms with Gasteiger partial charge in [-0.2, -0.15) is 13.2 Å². The number of halogens is 4. The fraction of sp³-hybridized carbons (Fsp3) is 0.667. The zero-order valence-corrected chi connectivity index (χ0v) is 9.96. The molecule has 16 heavy (non-hydrogen) atoms. The Hall–Kier alpha value is -0.330. The highest BCUT2D eigenvalue weighted by atomic mass is 35.5. The van der Waals surface area contributed by atoms with Crippen LogP contribution in [0.4, 0.5) is 13.2 Å². The van der Waals surface area contributed by atoms with E-state index in [-0.39, 0.29) is 6.61 Å². The van der Waals surface area contributed by atoms with Gasteiger partial charge in [0.1, 0.15) is 11.6 Å². The summed E-state index contributed by atoms with van der Waals surface area (Å²) in [6.07, 6.45) is -2.72. The first-order valence-electron chi connectivity index (χ1n) is 4.65. The van der Waals surface area contributed by atoms with Crippen LogP contribution in [0, 0.1) is 0 Å². The Morgan fingerprint density at radius 1 is 1.44 bits per heavy atom. The second-order valence-corrected chi connectivity index (χ2v) is 4.45. The van der Waals surface area contributed by atoms with Gasteiger partial charge in [-0.25, -0.2) is 4.98 Å². The van der Waals surface area contributed by atoms with E-state index in [1.165, 1.54) is 11.3 Å². The number of nitrogens with zero attached hydrogens (tertiary/aromatic N) is 1. The fourth-order valence-electron chi connectivity index (χ4n) is 1.03. The maximum Gasteiger partial charge on any atom is 0.411 e. The van der Waals surface area contributed by atoms with Gasteiger partial charge in [0.05, 0.1) is 12.3 Å². The third kappa shape index (κ3) is 5.67. The van der Waals surface area contributed by atoms with Gasteiger partial charge < -0.3 is 4.74 Å². The number of aryl methyl sites for hydroxylation is 1. The molecule has 0 aliphatic rings. The summed E-state index contributed by atoms with van der Waals surface area (Å²) in [5.41, 5.74) is 0.858. The Bertz CT molecular complexity index is 316. The Kier molecular flexibility index (Phi) is 5.51. The lowest BCUT2D eigenvalue weighted by atomic mass is 10.3. The molecule has 0 N–H and O–H groups in total. The van der Waals surface area contributed by atoms with E-state index in [1.807, 2.05) is 5.38 Å². The molecule has 0 atom stereocenters. The van der Waals surface area contributed by atoms with Gasteiger partial charge in [-0.15, -0.1) is 22.9 Å². The molecule has 1 aromatic rings. The lowest BCUT2D eigenvalue weighted by Crippen LogP contribution is -2.16. The highest BCUT2D eigenvalue weighted by Gasteiger charge is 2.27. The first-order valence-corrected chi connectivity index (χ1v) is 6.06. The molecule has 1 heterocycles. The number of thiazole rings is 1. The molecule has 0 amide bonds. The van der Waals surface area contributed by atoms with Crippen LogP contribution in [0.1, 0.15) is 17.1 Å². The van der Waals surface area contributed by atoms with Crippen LogP contribution >= 0.6 is 22.9 Å². The number of rotatable bonds is 6. The van der Waals surface area contributed by atoms with Crippen molar-refractivity contribution < 1.29 is 17.9 Å². The SMILES string of the molecule is FC(F)(F)COCc1nc(CCCCl)cs1. The van der Waals surface area contributed by atoms with Gasteiger partial charge in [-0.3, -0.25) is 0 Å². The van der Waals surface area contributed by atoms with E-state index in [0.717, 1.165) is 18.5 Å². The molecule has 0 saturated carbocycles. The summed E-state index contributed by atoms with van der Waals surface area (Å²) >= 11 is 6.82. The van der Waals surface area contributed by atoms with Crippen molar-refractivity contribution in [3.63, 3.8) is 0 Å². The average molecular weight is 274 g/mol. The second-order valence-electron chi connectivity index (χ2n) is 3.13. The van der Waals surface area contributed by atoms with Crippen molar-refractivity contribution in [1.82, 2.24) is 4.98 Å². The van der Waals surface area contributed by atoms with Crippen LogP contribution in [0.2, 0.25) is 0 Å². The predicted molar refractivity (Wildman–Crippen MR) is 56.9 cm³/mol. The summed E-state index contributed by atoms with van der Waals surface area (Å²) in [7, 11) is 0. The number of ether oxygens (including phenoxy) is 1. The van der Waals surface area contributed by atoms with Crippen molar-refractivity contribution in [1.29, 1.82) is 0 Å². The van der Waals surface area contributed by atoms with Crippen LogP contribution in [-0.4, -0.2) is 23.6 Å². The lowest BCUT2D eigenvalue weighted by molar-refractivity contribution is -0.176. The quantitative estimate of drug-likeness (QED) is 0.741. The molecule has 1 rings (SSSR count). The van der Waals surface area contributed by atoms with E-state index < -0.39 is 12.8 Å². The maximum absolute atomic E-state index is 11.8. The molecule has 0 spiro atoms. The van der Waals surface area contributed by atoms with E-state index in [0.29, 0.717) is 10.9 Å². The molecular weight excluding hydrogens is 263 g/mol. The Balaban J connectivity index is 2.29. The molecular formula is C9H11ClF3NOS. The predicted octanol–water partition coefficient (Wildman–Crippen LogP) is 3.39. The molecule has 0 bridgehead atoms. The van der Waals surface area contributed by atoms with Gasteiger partial charge in [0.2, 0.25) is 0 Å². The first-order chi connectivity index (χ1) is 7.51. The minimum atomic E-state index is -4.28. The van der Waals surface area contributed by atoms with E-state index in [2.05, 4.69) is 9.72 Å². The molecule has 0 aliphatic carbocycles. The summed E-state index contributed by atoms with van der Waals surface area (Å²) in [4.78, 5) is 4.13. The van der Waals surface area contributed by atoms with Crippen molar-refractivity contribution in [2.45, 2.75) is 25.6 Å². The van der Waals surface area contributed by atoms with Crippen molar-refractivity contribution in [2.75, 3.05) is 12.5 Å². The lowest BCUT2D eigenvalue weighted by Gasteiger charge is -2.05. The number of hydrogen-bond acceptors (Lipinski definition) is 3. The van der Waals surface area contributed by atoms with Crippen molar-refractivity contribution in [2.24, 2.45) is 0 Å². The van der Waals surface area contributed by atoms with Crippen molar-refractivity contribution >= 4 is 22.9 Å². The van der Waals surface area contributed by atoms with E-state index >= 15 is 0 Å². The highest BCUT2D eigenvalue weighted by Crippen LogP contribution is 2.17. The standard InChI is InChI=1S/C9H11ClF3NOS/c10-3-1-2-7-5-16-8(14-7)4-15-6-9(11,12)13/h5H,1-4,6H2. The molecule has 0 fully saturated rings. The van der Waals surface area contributed by atoms with E-state index in [1.54, 1.807) is 0 Å². The summed E-state index contributed by atoms with van der Waals surface area (Å²) in [6, 6.07) is 0. The Labute approximate surface area is 100 Å². The zero-order valence-electron chi connectivity index (χ0n) is 8.39. The molecule has 0 radical (unpaired) electrons. The van der Waals surface area contributed by atoms with Crippen LogP contribution in [0.25, 0.3) is 0 Å². The summed E-state index contributed by atoms with van der Waals surface area (Å²) in [6.45, 7) is -1.32. The highest BCUT2D eigenvalue weighted by molar-refractivity contribution is 7.09. The average Bonchev–Trinajstić information content (AvgIpc) is 2.61. The van der Waals surface area contributed by atoms with Gasteiger partial charge in [0.15, 0.2) is 0 Å². The fourth-order valence-corrected chi connectivity index (χ4v) is 1.93. The summed E-state index contributed by atoms with van der Waals surface area (Å²) in [5.74, 6) is 0.553. The maximum atomic E-state index is 11.8. The van der Waals surface area contributed by atoms with Gasteiger partial charge >= 0.3 is 6.18 Å². The molecule has 1 aromatic heterocycles. The Morgan fingerprint density at radius 2 is 2.19 bits per heavy atom. The van der Waals surface area contributed by atoms with Crippen LogP contribution in [0.5, 0.6) is 0 Å². The molecule has 7 heteroatoms.